The molecule has 1 aliphatic heterocycles. The van der Waals surface area contributed by atoms with Crippen LogP contribution < -0.4 is 10.2 Å². The van der Waals surface area contributed by atoms with E-state index in [-0.39, 0.29) is 29.1 Å². The average molecular weight is 271 g/mol. The smallest absolute Gasteiger partial charge is 0.247 e. The topological polar surface area (TPSA) is 49.4 Å². The van der Waals surface area contributed by atoms with Gasteiger partial charge in [0.1, 0.15) is 11.9 Å². The van der Waals surface area contributed by atoms with Crippen LogP contribution in [0.25, 0.3) is 0 Å². The molecular formula is C12H12ClFN2O2. The Balaban J connectivity index is 2.51. The van der Waals surface area contributed by atoms with Crippen molar-refractivity contribution in [3.05, 3.63) is 29.0 Å². The minimum Gasteiger partial charge on any atom is -0.345 e. The van der Waals surface area contributed by atoms with Crippen LogP contribution in [0.15, 0.2) is 18.2 Å². The highest BCUT2D eigenvalue weighted by Gasteiger charge is 2.36. The second-order valence-electron chi connectivity index (χ2n) is 3.98. The summed E-state index contributed by atoms with van der Waals surface area (Å²) >= 11 is 5.93. The van der Waals surface area contributed by atoms with Crippen molar-refractivity contribution in [3.8, 4) is 0 Å². The van der Waals surface area contributed by atoms with E-state index in [1.54, 1.807) is 6.92 Å². The molecule has 0 saturated carbocycles. The number of anilines is 1. The van der Waals surface area contributed by atoms with Gasteiger partial charge < -0.3 is 5.32 Å². The summed E-state index contributed by atoms with van der Waals surface area (Å²) < 4.78 is 13.8. The number of rotatable bonds is 2. The molecule has 2 rings (SSSR count). The molecule has 0 aliphatic carbocycles. The van der Waals surface area contributed by atoms with Crippen LogP contribution in [-0.4, -0.2) is 24.4 Å². The molecule has 1 unspecified atom stereocenters. The van der Waals surface area contributed by atoms with Gasteiger partial charge in [-0.2, -0.15) is 0 Å². The first-order valence-corrected chi connectivity index (χ1v) is 5.97. The summed E-state index contributed by atoms with van der Waals surface area (Å²) in [4.78, 5) is 24.8. The van der Waals surface area contributed by atoms with E-state index >= 15 is 0 Å². The second-order valence-corrected chi connectivity index (χ2v) is 4.38. The number of amides is 2. The molecule has 1 fully saturated rings. The predicted molar refractivity (Wildman–Crippen MR) is 66.0 cm³/mol. The van der Waals surface area contributed by atoms with E-state index < -0.39 is 11.9 Å². The Labute approximate surface area is 109 Å². The molecule has 2 amide bonds. The summed E-state index contributed by atoms with van der Waals surface area (Å²) in [6.45, 7) is 1.62. The summed E-state index contributed by atoms with van der Waals surface area (Å²) in [7, 11) is 0. The zero-order valence-electron chi connectivity index (χ0n) is 9.74. The molecule has 1 aromatic rings. The molecule has 4 nitrogen and oxygen atoms in total. The predicted octanol–water partition coefficient (Wildman–Crippen LogP) is 1.72. The largest absolute Gasteiger partial charge is 0.345 e. The molecule has 96 valence electrons. The highest BCUT2D eigenvalue weighted by molar-refractivity contribution is 6.34. The molecule has 1 atom stereocenters. The Hall–Kier alpha value is -1.62. The highest BCUT2D eigenvalue weighted by Crippen LogP contribution is 2.31. The summed E-state index contributed by atoms with van der Waals surface area (Å²) in [5.74, 6) is -1.27. The van der Waals surface area contributed by atoms with Gasteiger partial charge in [-0.05, 0) is 18.6 Å². The molecule has 1 N–H and O–H groups in total. The zero-order valence-corrected chi connectivity index (χ0v) is 10.5. The van der Waals surface area contributed by atoms with E-state index in [1.807, 2.05) is 0 Å². The molecule has 6 heteroatoms. The molecule has 0 aromatic heterocycles. The first-order valence-electron chi connectivity index (χ1n) is 5.60. The van der Waals surface area contributed by atoms with E-state index in [0.29, 0.717) is 6.42 Å². The summed E-state index contributed by atoms with van der Waals surface area (Å²) in [6.07, 6.45) is 0.391. The molecule has 1 heterocycles. The third kappa shape index (κ3) is 2.06. The van der Waals surface area contributed by atoms with Crippen LogP contribution in [-0.2, 0) is 9.59 Å². The molecule has 1 aromatic carbocycles. The Morgan fingerprint density at radius 3 is 2.83 bits per heavy atom. The van der Waals surface area contributed by atoms with Crippen LogP contribution in [0.2, 0.25) is 5.02 Å². The third-order valence-corrected chi connectivity index (χ3v) is 3.17. The maximum absolute atomic E-state index is 13.8. The van der Waals surface area contributed by atoms with Gasteiger partial charge in [-0.3, -0.25) is 14.5 Å². The Morgan fingerprint density at radius 2 is 2.22 bits per heavy atom. The van der Waals surface area contributed by atoms with Gasteiger partial charge in [0, 0.05) is 0 Å². The minimum absolute atomic E-state index is 0.0223. The molecule has 1 saturated heterocycles. The van der Waals surface area contributed by atoms with E-state index in [4.69, 9.17) is 11.6 Å². The molecule has 0 bridgehead atoms. The van der Waals surface area contributed by atoms with Crippen molar-refractivity contribution in [2.24, 2.45) is 0 Å². The van der Waals surface area contributed by atoms with Crippen molar-refractivity contribution in [3.63, 3.8) is 0 Å². The van der Waals surface area contributed by atoms with E-state index in [0.717, 1.165) is 4.90 Å². The number of benzene rings is 1. The highest BCUT2D eigenvalue weighted by atomic mass is 35.5. The normalized spacial score (nSPS) is 19.9. The van der Waals surface area contributed by atoms with Crippen LogP contribution in [0.4, 0.5) is 10.1 Å². The number of carbonyl (C=O) groups excluding carboxylic acids is 2. The quantitative estimate of drug-likeness (QED) is 0.890. The van der Waals surface area contributed by atoms with Crippen LogP contribution in [0, 0.1) is 5.82 Å². The first-order chi connectivity index (χ1) is 8.56. The standard InChI is InChI=1S/C12H12ClFN2O2/c1-2-9-12(18)15-6-10(17)16(9)11-7(13)4-3-5-8(11)14/h3-5,9H,2,6H2,1H3,(H,15,18). The lowest BCUT2D eigenvalue weighted by molar-refractivity contribution is -0.131. The van der Waals surface area contributed by atoms with E-state index in [9.17, 15) is 14.0 Å². The monoisotopic (exact) mass is 270 g/mol. The maximum Gasteiger partial charge on any atom is 0.247 e. The molecule has 1 aliphatic rings. The zero-order chi connectivity index (χ0) is 13.3. The molecular weight excluding hydrogens is 259 g/mol. The van der Waals surface area contributed by atoms with Gasteiger partial charge in [-0.1, -0.05) is 24.6 Å². The number of carbonyl (C=O) groups is 2. The maximum atomic E-state index is 13.8. The van der Waals surface area contributed by atoms with Gasteiger partial charge in [0.15, 0.2) is 0 Å². The van der Waals surface area contributed by atoms with Crippen LogP contribution in [0.1, 0.15) is 13.3 Å². The molecule has 0 radical (unpaired) electrons. The average Bonchev–Trinajstić information content (AvgIpc) is 2.33. The number of piperazine rings is 1. The van der Waals surface area contributed by atoms with Crippen LogP contribution in [0.3, 0.4) is 0 Å². The Kier molecular flexibility index (Phi) is 3.52. The fourth-order valence-electron chi connectivity index (χ4n) is 2.02. The number of nitrogens with one attached hydrogen (secondary N) is 1. The number of para-hydroxylation sites is 1. The fourth-order valence-corrected chi connectivity index (χ4v) is 2.28. The number of hydrogen-bond acceptors (Lipinski definition) is 2. The fraction of sp³-hybridized carbons (Fsp3) is 0.333. The lowest BCUT2D eigenvalue weighted by Crippen LogP contribution is -2.58. The van der Waals surface area contributed by atoms with Crippen molar-refractivity contribution in [1.82, 2.24) is 5.32 Å². The van der Waals surface area contributed by atoms with Gasteiger partial charge in [-0.15, -0.1) is 0 Å². The molecule has 0 spiro atoms. The van der Waals surface area contributed by atoms with Gasteiger partial charge in [0.25, 0.3) is 0 Å². The van der Waals surface area contributed by atoms with Crippen molar-refractivity contribution in [2.75, 3.05) is 11.4 Å². The summed E-state index contributed by atoms with van der Waals surface area (Å²) in [6, 6.07) is 3.44. The van der Waals surface area contributed by atoms with Gasteiger partial charge in [0.2, 0.25) is 11.8 Å². The van der Waals surface area contributed by atoms with Crippen molar-refractivity contribution in [1.29, 1.82) is 0 Å². The lowest BCUT2D eigenvalue weighted by atomic mass is 10.1. The van der Waals surface area contributed by atoms with E-state index in [2.05, 4.69) is 5.32 Å². The van der Waals surface area contributed by atoms with Crippen molar-refractivity contribution >= 4 is 29.1 Å². The SMILES string of the molecule is CCC1C(=O)NCC(=O)N1c1c(F)cccc1Cl. The van der Waals surface area contributed by atoms with Crippen LogP contribution in [0.5, 0.6) is 0 Å². The third-order valence-electron chi connectivity index (χ3n) is 2.86. The second kappa shape index (κ2) is 4.94. The number of halogens is 2. The first kappa shape index (κ1) is 12.8. The van der Waals surface area contributed by atoms with Crippen molar-refractivity contribution in [2.45, 2.75) is 19.4 Å². The lowest BCUT2D eigenvalue weighted by Gasteiger charge is -2.34. The number of hydrogen-bond donors (Lipinski definition) is 1. The minimum atomic E-state index is -0.722. The Morgan fingerprint density at radius 1 is 1.50 bits per heavy atom. The van der Waals surface area contributed by atoms with Gasteiger partial charge in [0.05, 0.1) is 17.3 Å². The van der Waals surface area contributed by atoms with Gasteiger partial charge >= 0.3 is 0 Å². The summed E-state index contributed by atoms with van der Waals surface area (Å²) in [5, 5.41) is 2.60. The summed E-state index contributed by atoms with van der Waals surface area (Å²) in [5.41, 5.74) is -0.0223. The number of nitrogens with zero attached hydrogens (tertiary/aromatic N) is 1. The van der Waals surface area contributed by atoms with Gasteiger partial charge in [-0.25, -0.2) is 4.39 Å². The molecule has 18 heavy (non-hydrogen) atoms. The Bertz CT molecular complexity index is 487. The van der Waals surface area contributed by atoms with E-state index in [1.165, 1.54) is 18.2 Å². The van der Waals surface area contributed by atoms with Crippen LogP contribution >= 0.6 is 11.6 Å². The van der Waals surface area contributed by atoms with Crippen molar-refractivity contribution < 1.29 is 14.0 Å².